The number of likely N-dealkylation sites (N-methyl/N-ethyl adjacent to an activating group) is 1. The standard InChI is InChI=1S/C17H15F2N3OS2/c1-22(8-12-3-2-6-24-12)9-16(23)21-17-20-15(10-25-17)11-4-5-13(18)14(19)7-11/h2-7,10H,8-9H2,1H3,(H,20,21,23)/p+1. The number of aromatic nitrogens is 1. The second-order valence-electron chi connectivity index (χ2n) is 5.60. The van der Waals surface area contributed by atoms with Gasteiger partial charge in [0, 0.05) is 10.9 Å². The lowest BCUT2D eigenvalue weighted by Gasteiger charge is -2.11. The molecular formula is C17H16F2N3OS2+. The highest BCUT2D eigenvalue weighted by atomic mass is 32.1. The predicted molar refractivity (Wildman–Crippen MR) is 95.9 cm³/mol. The Morgan fingerprint density at radius 3 is 2.80 bits per heavy atom. The average Bonchev–Trinajstić information content (AvgIpc) is 3.21. The molecule has 3 rings (SSSR count). The zero-order chi connectivity index (χ0) is 17.8. The number of anilines is 1. The summed E-state index contributed by atoms with van der Waals surface area (Å²) >= 11 is 2.91. The maximum absolute atomic E-state index is 13.3. The lowest BCUT2D eigenvalue weighted by Crippen LogP contribution is -3.08. The van der Waals surface area contributed by atoms with Crippen molar-refractivity contribution in [1.82, 2.24) is 4.98 Å². The Morgan fingerprint density at radius 1 is 1.24 bits per heavy atom. The van der Waals surface area contributed by atoms with Crippen LogP contribution in [0.2, 0.25) is 0 Å². The molecule has 0 bridgehead atoms. The van der Waals surface area contributed by atoms with Crippen molar-refractivity contribution in [2.24, 2.45) is 0 Å². The zero-order valence-electron chi connectivity index (χ0n) is 13.4. The van der Waals surface area contributed by atoms with Gasteiger partial charge in [0.05, 0.1) is 17.6 Å². The van der Waals surface area contributed by atoms with Gasteiger partial charge in [0.15, 0.2) is 23.3 Å². The summed E-state index contributed by atoms with van der Waals surface area (Å²) < 4.78 is 26.3. The third-order valence-electron chi connectivity index (χ3n) is 3.48. The molecule has 25 heavy (non-hydrogen) atoms. The van der Waals surface area contributed by atoms with Crippen LogP contribution in [0.4, 0.5) is 13.9 Å². The number of carbonyl (C=O) groups excluding carboxylic acids is 1. The highest BCUT2D eigenvalue weighted by Gasteiger charge is 2.14. The average molecular weight is 380 g/mol. The van der Waals surface area contributed by atoms with Gasteiger partial charge in [-0.2, -0.15) is 0 Å². The molecule has 0 radical (unpaired) electrons. The fraction of sp³-hybridized carbons (Fsp3) is 0.176. The molecule has 0 aliphatic rings. The molecule has 0 saturated heterocycles. The Hall–Kier alpha value is -2.16. The normalized spacial score (nSPS) is 12.1. The van der Waals surface area contributed by atoms with E-state index in [0.717, 1.165) is 23.6 Å². The van der Waals surface area contributed by atoms with Crippen LogP contribution in [0.3, 0.4) is 0 Å². The van der Waals surface area contributed by atoms with Crippen LogP contribution in [-0.2, 0) is 11.3 Å². The van der Waals surface area contributed by atoms with Crippen LogP contribution in [0.15, 0.2) is 41.1 Å². The van der Waals surface area contributed by atoms with E-state index in [1.54, 1.807) is 16.7 Å². The van der Waals surface area contributed by atoms with E-state index in [2.05, 4.69) is 10.3 Å². The van der Waals surface area contributed by atoms with Crippen molar-refractivity contribution in [2.75, 3.05) is 18.9 Å². The van der Waals surface area contributed by atoms with Gasteiger partial charge in [0.1, 0.15) is 6.54 Å². The number of hydrogen-bond acceptors (Lipinski definition) is 4. The van der Waals surface area contributed by atoms with E-state index in [4.69, 9.17) is 0 Å². The van der Waals surface area contributed by atoms with E-state index < -0.39 is 11.6 Å². The van der Waals surface area contributed by atoms with Crippen molar-refractivity contribution < 1.29 is 18.5 Å². The molecule has 0 saturated carbocycles. The lowest BCUT2D eigenvalue weighted by atomic mass is 10.2. The summed E-state index contributed by atoms with van der Waals surface area (Å²) in [6.45, 7) is 1.10. The first-order valence-electron chi connectivity index (χ1n) is 7.56. The van der Waals surface area contributed by atoms with Gasteiger partial charge in [-0.25, -0.2) is 13.8 Å². The summed E-state index contributed by atoms with van der Waals surface area (Å²) in [7, 11) is 1.95. The molecule has 3 aromatic rings. The van der Waals surface area contributed by atoms with E-state index in [-0.39, 0.29) is 5.91 Å². The smallest absolute Gasteiger partial charge is 0.281 e. The molecule has 0 spiro atoms. The first-order valence-corrected chi connectivity index (χ1v) is 9.31. The van der Waals surface area contributed by atoms with Crippen LogP contribution in [0.25, 0.3) is 11.3 Å². The Morgan fingerprint density at radius 2 is 2.08 bits per heavy atom. The Balaban J connectivity index is 1.58. The largest absolute Gasteiger partial charge is 0.325 e. The topological polar surface area (TPSA) is 46.4 Å². The summed E-state index contributed by atoms with van der Waals surface area (Å²) in [6, 6.07) is 7.64. The Labute approximate surface area is 151 Å². The van der Waals surface area contributed by atoms with Crippen LogP contribution in [-0.4, -0.2) is 24.5 Å². The number of thiazole rings is 1. The van der Waals surface area contributed by atoms with Crippen molar-refractivity contribution in [3.8, 4) is 11.3 Å². The number of nitrogens with one attached hydrogen (secondary N) is 2. The lowest BCUT2D eigenvalue weighted by molar-refractivity contribution is -0.884. The molecule has 1 aromatic carbocycles. The zero-order valence-corrected chi connectivity index (χ0v) is 15.0. The summed E-state index contributed by atoms with van der Waals surface area (Å²) in [5.41, 5.74) is 0.967. The quantitative estimate of drug-likeness (QED) is 0.691. The maximum atomic E-state index is 13.3. The van der Waals surface area contributed by atoms with Crippen LogP contribution in [0, 0.1) is 11.6 Å². The van der Waals surface area contributed by atoms with Crippen molar-refractivity contribution in [2.45, 2.75) is 6.54 Å². The van der Waals surface area contributed by atoms with Crippen molar-refractivity contribution in [3.05, 3.63) is 57.6 Å². The molecule has 2 heterocycles. The third kappa shape index (κ3) is 4.68. The first kappa shape index (κ1) is 17.7. The third-order valence-corrected chi connectivity index (χ3v) is 5.12. The fourth-order valence-corrected chi connectivity index (χ4v) is 3.88. The molecule has 0 aliphatic carbocycles. The first-order chi connectivity index (χ1) is 12.0. The van der Waals surface area contributed by atoms with E-state index in [0.29, 0.717) is 22.9 Å². The molecule has 130 valence electrons. The minimum atomic E-state index is -0.921. The molecule has 2 N–H and O–H groups in total. The molecule has 2 aromatic heterocycles. The summed E-state index contributed by atoms with van der Waals surface area (Å²) in [6.07, 6.45) is 0. The second-order valence-corrected chi connectivity index (χ2v) is 7.50. The Bertz CT molecular complexity index is 865. The van der Waals surface area contributed by atoms with Crippen LogP contribution in [0.5, 0.6) is 0 Å². The number of carbonyl (C=O) groups is 1. The number of halogens is 2. The molecule has 0 aliphatic heterocycles. The van der Waals surface area contributed by atoms with Crippen molar-refractivity contribution in [1.29, 1.82) is 0 Å². The molecule has 0 fully saturated rings. The van der Waals surface area contributed by atoms with Crippen molar-refractivity contribution >= 4 is 33.7 Å². The molecule has 1 amide bonds. The number of thiophene rings is 1. The van der Waals surface area contributed by atoms with Crippen LogP contribution >= 0.6 is 22.7 Å². The number of nitrogens with zero attached hydrogens (tertiary/aromatic N) is 1. The van der Waals surface area contributed by atoms with E-state index in [1.807, 2.05) is 24.6 Å². The summed E-state index contributed by atoms with van der Waals surface area (Å²) in [4.78, 5) is 18.7. The van der Waals surface area contributed by atoms with E-state index in [9.17, 15) is 13.6 Å². The van der Waals surface area contributed by atoms with Gasteiger partial charge in [-0.1, -0.05) is 6.07 Å². The van der Waals surface area contributed by atoms with Crippen molar-refractivity contribution in [3.63, 3.8) is 0 Å². The van der Waals surface area contributed by atoms with Crippen LogP contribution in [0.1, 0.15) is 4.88 Å². The molecule has 1 atom stereocenters. The molecule has 1 unspecified atom stereocenters. The van der Waals surface area contributed by atoms with Crippen LogP contribution < -0.4 is 10.2 Å². The van der Waals surface area contributed by atoms with E-state index >= 15 is 0 Å². The van der Waals surface area contributed by atoms with E-state index in [1.165, 1.54) is 22.3 Å². The van der Waals surface area contributed by atoms with Gasteiger partial charge >= 0.3 is 0 Å². The number of hydrogen-bond donors (Lipinski definition) is 2. The van der Waals surface area contributed by atoms with Gasteiger partial charge in [-0.15, -0.1) is 22.7 Å². The monoisotopic (exact) mass is 380 g/mol. The SMILES string of the molecule is C[NH+](CC(=O)Nc1nc(-c2ccc(F)c(F)c2)cs1)Cc1cccs1. The summed E-state index contributed by atoms with van der Waals surface area (Å²) in [5.74, 6) is -1.96. The molecule has 8 heteroatoms. The number of amides is 1. The maximum Gasteiger partial charge on any atom is 0.281 e. The molecular weight excluding hydrogens is 364 g/mol. The predicted octanol–water partition coefficient (Wildman–Crippen LogP) is 2.80. The summed E-state index contributed by atoms with van der Waals surface area (Å²) in [5, 5.41) is 6.90. The minimum Gasteiger partial charge on any atom is -0.325 e. The highest BCUT2D eigenvalue weighted by Crippen LogP contribution is 2.25. The number of quaternary nitrogens is 1. The van der Waals surface area contributed by atoms with Gasteiger partial charge in [0.2, 0.25) is 0 Å². The second kappa shape index (κ2) is 7.81. The number of rotatable bonds is 6. The van der Waals surface area contributed by atoms with Gasteiger partial charge in [-0.3, -0.25) is 10.1 Å². The van der Waals surface area contributed by atoms with Gasteiger partial charge in [0.25, 0.3) is 5.91 Å². The Kier molecular flexibility index (Phi) is 5.52. The molecule has 4 nitrogen and oxygen atoms in total. The van der Waals surface area contributed by atoms with Gasteiger partial charge in [-0.05, 0) is 29.6 Å². The highest BCUT2D eigenvalue weighted by molar-refractivity contribution is 7.14. The minimum absolute atomic E-state index is 0.139. The fourth-order valence-electron chi connectivity index (χ4n) is 2.33. The number of benzene rings is 1. The van der Waals surface area contributed by atoms with Gasteiger partial charge < -0.3 is 4.90 Å².